The Balaban J connectivity index is 2.07. The number of sulfone groups is 1. The maximum absolute atomic E-state index is 13.6. The highest BCUT2D eigenvalue weighted by molar-refractivity contribution is 7.92. The van der Waals surface area contributed by atoms with Crippen molar-refractivity contribution in [1.82, 2.24) is 9.78 Å². The Morgan fingerprint density at radius 2 is 1.96 bits per heavy atom. The van der Waals surface area contributed by atoms with Crippen LogP contribution in [0.15, 0.2) is 35.5 Å². The molecule has 2 aromatic rings. The zero-order chi connectivity index (χ0) is 19.1. The van der Waals surface area contributed by atoms with E-state index >= 15 is 0 Å². The normalized spacial score (nSPS) is 21.3. The van der Waals surface area contributed by atoms with Crippen molar-refractivity contribution in [2.24, 2.45) is 7.05 Å². The van der Waals surface area contributed by atoms with Crippen LogP contribution in [0.1, 0.15) is 24.8 Å². The Hall–Kier alpha value is -1.87. The van der Waals surface area contributed by atoms with Gasteiger partial charge < -0.3 is 4.74 Å². The van der Waals surface area contributed by atoms with E-state index < -0.39 is 31.7 Å². The molecular formula is C17H19F3N2O3S. The van der Waals surface area contributed by atoms with Crippen molar-refractivity contribution in [2.75, 3.05) is 7.11 Å². The number of rotatable bonds is 4. The monoisotopic (exact) mass is 388 g/mol. The summed E-state index contributed by atoms with van der Waals surface area (Å²) in [6.07, 6.45) is -0.981. The smallest absolute Gasteiger partial charge is 0.381 e. The molecule has 0 aliphatic heterocycles. The summed E-state index contributed by atoms with van der Waals surface area (Å²) >= 11 is 0. The van der Waals surface area contributed by atoms with Crippen LogP contribution in [-0.4, -0.2) is 36.7 Å². The first kappa shape index (κ1) is 18.9. The van der Waals surface area contributed by atoms with Gasteiger partial charge in [0.15, 0.2) is 9.84 Å². The number of hydrogen-bond acceptors (Lipinski definition) is 4. The molecule has 1 saturated carbocycles. The van der Waals surface area contributed by atoms with Gasteiger partial charge in [0.2, 0.25) is 0 Å². The van der Waals surface area contributed by atoms with E-state index in [9.17, 15) is 21.6 Å². The van der Waals surface area contributed by atoms with Gasteiger partial charge in [-0.05, 0) is 37.0 Å². The molecule has 0 bridgehead atoms. The van der Waals surface area contributed by atoms with Crippen molar-refractivity contribution in [3.63, 3.8) is 0 Å². The Kier molecular flexibility index (Phi) is 4.87. The first-order valence-corrected chi connectivity index (χ1v) is 9.64. The molecule has 1 fully saturated rings. The molecule has 1 aromatic carbocycles. The maximum atomic E-state index is 13.6. The zero-order valence-corrected chi connectivity index (χ0v) is 15.1. The summed E-state index contributed by atoms with van der Waals surface area (Å²) in [5.41, 5.74) is -0.382. The molecule has 2 atom stereocenters. The number of benzene rings is 1. The van der Waals surface area contributed by atoms with E-state index in [0.29, 0.717) is 18.4 Å². The van der Waals surface area contributed by atoms with Crippen LogP contribution in [-0.2, 0) is 27.8 Å². The molecule has 1 aliphatic carbocycles. The van der Waals surface area contributed by atoms with Crippen LogP contribution in [0.2, 0.25) is 0 Å². The lowest BCUT2D eigenvalue weighted by atomic mass is 10.1. The maximum Gasteiger partial charge on any atom is 0.417 e. The summed E-state index contributed by atoms with van der Waals surface area (Å²) < 4.78 is 73.1. The standard InChI is InChI=1S/C17H19F3N2O3S/c1-22-10-12(9-21-22)11-3-6-16(15(7-11)17(18,19)20)26(23,24)14-5-4-13(8-14)25-2/h3,6-7,9-10,13-14H,4-5,8H2,1-2H3/t13-,14-/m0/s1. The molecular weight excluding hydrogens is 369 g/mol. The fourth-order valence-electron chi connectivity index (χ4n) is 3.33. The van der Waals surface area contributed by atoms with E-state index in [0.717, 1.165) is 12.1 Å². The van der Waals surface area contributed by atoms with Gasteiger partial charge in [-0.1, -0.05) is 6.07 Å². The Labute approximate surface area is 149 Å². The minimum absolute atomic E-state index is 0.209. The topological polar surface area (TPSA) is 61.2 Å². The molecule has 0 saturated heterocycles. The SMILES string of the molecule is CO[C@H]1CC[C@H](S(=O)(=O)c2ccc(-c3cnn(C)c3)cc2C(F)(F)F)C1. The molecule has 26 heavy (non-hydrogen) atoms. The molecule has 0 N–H and O–H groups in total. The van der Waals surface area contributed by atoms with Gasteiger partial charge >= 0.3 is 6.18 Å². The molecule has 142 valence electrons. The van der Waals surface area contributed by atoms with Crippen LogP contribution in [0.5, 0.6) is 0 Å². The fraction of sp³-hybridized carbons (Fsp3) is 0.471. The lowest BCUT2D eigenvalue weighted by Crippen LogP contribution is -2.23. The first-order chi connectivity index (χ1) is 12.1. The van der Waals surface area contributed by atoms with Crippen molar-refractivity contribution in [2.45, 2.75) is 41.7 Å². The van der Waals surface area contributed by atoms with E-state index in [1.54, 1.807) is 13.2 Å². The van der Waals surface area contributed by atoms with Gasteiger partial charge in [0.1, 0.15) is 0 Å². The number of hydrogen-bond donors (Lipinski definition) is 0. The summed E-state index contributed by atoms with van der Waals surface area (Å²) in [4.78, 5) is -0.667. The predicted octanol–water partition coefficient (Wildman–Crippen LogP) is 3.45. The second kappa shape index (κ2) is 6.70. The van der Waals surface area contributed by atoms with Crippen molar-refractivity contribution in [3.05, 3.63) is 36.2 Å². The summed E-state index contributed by atoms with van der Waals surface area (Å²) in [5.74, 6) is 0. The number of alkyl halides is 3. The van der Waals surface area contributed by atoms with Gasteiger partial charge in [0.25, 0.3) is 0 Å². The Morgan fingerprint density at radius 1 is 1.23 bits per heavy atom. The van der Waals surface area contributed by atoms with Crippen LogP contribution < -0.4 is 0 Å². The number of nitrogens with zero attached hydrogens (tertiary/aromatic N) is 2. The van der Waals surface area contributed by atoms with Crippen molar-refractivity contribution < 1.29 is 26.3 Å². The number of ether oxygens (including phenoxy) is 1. The largest absolute Gasteiger partial charge is 0.417 e. The zero-order valence-electron chi connectivity index (χ0n) is 14.3. The molecule has 1 heterocycles. The van der Waals surface area contributed by atoms with Gasteiger partial charge in [-0.3, -0.25) is 4.68 Å². The first-order valence-electron chi connectivity index (χ1n) is 8.10. The van der Waals surface area contributed by atoms with Crippen molar-refractivity contribution in [1.29, 1.82) is 0 Å². The van der Waals surface area contributed by atoms with Crippen molar-refractivity contribution in [3.8, 4) is 11.1 Å². The van der Waals surface area contributed by atoms with Gasteiger partial charge in [0.05, 0.1) is 28.0 Å². The third-order valence-corrected chi connectivity index (χ3v) is 7.01. The van der Waals surface area contributed by atoms with E-state index in [2.05, 4.69) is 5.10 Å². The van der Waals surface area contributed by atoms with Gasteiger partial charge in [0, 0.05) is 25.9 Å². The van der Waals surface area contributed by atoms with Gasteiger partial charge in [-0.25, -0.2) is 8.42 Å². The van der Waals surface area contributed by atoms with Crippen LogP contribution in [0.4, 0.5) is 13.2 Å². The van der Waals surface area contributed by atoms with E-state index in [1.807, 2.05) is 0 Å². The minimum Gasteiger partial charge on any atom is -0.381 e. The number of aromatic nitrogens is 2. The minimum atomic E-state index is -4.78. The Morgan fingerprint density at radius 3 is 2.50 bits per heavy atom. The highest BCUT2D eigenvalue weighted by atomic mass is 32.2. The number of methoxy groups -OCH3 is 1. The molecule has 1 aliphatic rings. The molecule has 0 amide bonds. The molecule has 0 spiro atoms. The van der Waals surface area contributed by atoms with E-state index in [4.69, 9.17) is 4.74 Å². The van der Waals surface area contributed by atoms with Crippen LogP contribution >= 0.6 is 0 Å². The quantitative estimate of drug-likeness (QED) is 0.805. The lowest BCUT2D eigenvalue weighted by Gasteiger charge is -2.18. The van der Waals surface area contributed by atoms with E-state index in [1.165, 1.54) is 24.1 Å². The summed E-state index contributed by atoms with van der Waals surface area (Å²) in [6.45, 7) is 0. The third kappa shape index (κ3) is 3.50. The molecule has 3 rings (SSSR count). The van der Waals surface area contributed by atoms with Crippen LogP contribution in [0.25, 0.3) is 11.1 Å². The molecule has 9 heteroatoms. The second-order valence-corrected chi connectivity index (χ2v) is 8.65. The van der Waals surface area contributed by atoms with Gasteiger partial charge in [-0.15, -0.1) is 0 Å². The highest BCUT2D eigenvalue weighted by Gasteiger charge is 2.42. The molecule has 5 nitrogen and oxygen atoms in total. The number of aryl methyl sites for hydroxylation is 1. The Bertz CT molecular complexity index is 906. The third-order valence-electron chi connectivity index (χ3n) is 4.74. The highest BCUT2D eigenvalue weighted by Crippen LogP contribution is 2.40. The average molecular weight is 388 g/mol. The van der Waals surface area contributed by atoms with E-state index in [-0.39, 0.29) is 18.1 Å². The summed E-state index contributed by atoms with van der Waals surface area (Å²) in [5, 5.41) is 3.08. The lowest BCUT2D eigenvalue weighted by molar-refractivity contribution is -0.139. The molecule has 1 aromatic heterocycles. The number of halogens is 3. The second-order valence-electron chi connectivity index (χ2n) is 6.45. The van der Waals surface area contributed by atoms with Crippen LogP contribution in [0.3, 0.4) is 0 Å². The summed E-state index contributed by atoms with van der Waals surface area (Å²) in [7, 11) is -0.982. The molecule has 0 unspecified atom stereocenters. The van der Waals surface area contributed by atoms with Crippen LogP contribution in [0, 0.1) is 0 Å². The van der Waals surface area contributed by atoms with Gasteiger partial charge in [-0.2, -0.15) is 18.3 Å². The average Bonchev–Trinajstić information content (AvgIpc) is 3.22. The fourth-order valence-corrected chi connectivity index (χ4v) is 5.34. The predicted molar refractivity (Wildman–Crippen MR) is 89.3 cm³/mol. The van der Waals surface area contributed by atoms with Crippen molar-refractivity contribution >= 4 is 9.84 Å². The summed E-state index contributed by atoms with van der Waals surface area (Å²) in [6, 6.07) is 3.33. The molecule has 0 radical (unpaired) electrons.